The highest BCUT2D eigenvalue weighted by Gasteiger charge is 2.07. The summed E-state index contributed by atoms with van der Waals surface area (Å²) in [5, 5.41) is 5.68. The predicted octanol–water partition coefficient (Wildman–Crippen LogP) is 2.76. The van der Waals surface area contributed by atoms with E-state index < -0.39 is 0 Å². The summed E-state index contributed by atoms with van der Waals surface area (Å²) in [5.74, 6) is -0.574. The quantitative estimate of drug-likeness (QED) is 0.807. The minimum Gasteiger partial charge on any atom is -0.376 e. The summed E-state index contributed by atoms with van der Waals surface area (Å²) in [6, 6.07) is 13.0. The van der Waals surface area contributed by atoms with Gasteiger partial charge in [0.25, 0.3) is 0 Å². The third-order valence-corrected chi connectivity index (χ3v) is 3.15. The molecule has 2 aromatic carbocycles. The Labute approximate surface area is 128 Å². The fourth-order valence-electron chi connectivity index (χ4n) is 1.99. The topological polar surface area (TPSA) is 58.2 Å². The lowest BCUT2D eigenvalue weighted by molar-refractivity contribution is -0.119. The number of Topliss-reactive ketones (excluding diaryl/α,β-unsaturated/α-hetero) is 1. The van der Waals surface area contributed by atoms with Gasteiger partial charge in [0.05, 0.1) is 6.54 Å². The van der Waals surface area contributed by atoms with Crippen molar-refractivity contribution in [3.05, 3.63) is 65.5 Å². The van der Waals surface area contributed by atoms with Crippen LogP contribution in [0.5, 0.6) is 0 Å². The van der Waals surface area contributed by atoms with E-state index in [9.17, 15) is 14.0 Å². The Morgan fingerprint density at radius 1 is 1.05 bits per heavy atom. The van der Waals surface area contributed by atoms with E-state index in [0.717, 1.165) is 5.56 Å². The van der Waals surface area contributed by atoms with Crippen LogP contribution < -0.4 is 10.6 Å². The summed E-state index contributed by atoms with van der Waals surface area (Å²) in [7, 11) is 0. The van der Waals surface area contributed by atoms with Gasteiger partial charge in [-0.3, -0.25) is 9.59 Å². The molecule has 5 heteroatoms. The van der Waals surface area contributed by atoms with Gasteiger partial charge < -0.3 is 10.6 Å². The van der Waals surface area contributed by atoms with E-state index in [0.29, 0.717) is 17.8 Å². The van der Waals surface area contributed by atoms with Crippen LogP contribution >= 0.6 is 0 Å². The molecule has 0 fully saturated rings. The van der Waals surface area contributed by atoms with Gasteiger partial charge in [-0.15, -0.1) is 0 Å². The number of carbonyl (C=O) groups is 2. The average Bonchev–Trinajstić information content (AvgIpc) is 2.52. The van der Waals surface area contributed by atoms with Crippen molar-refractivity contribution in [3.8, 4) is 0 Å². The molecule has 2 rings (SSSR count). The lowest BCUT2D eigenvalue weighted by Gasteiger charge is -2.10. The first-order chi connectivity index (χ1) is 10.6. The van der Waals surface area contributed by atoms with Crippen LogP contribution in [0, 0.1) is 5.82 Å². The van der Waals surface area contributed by atoms with Crippen LogP contribution in [0.3, 0.4) is 0 Å². The van der Waals surface area contributed by atoms with Gasteiger partial charge in [-0.1, -0.05) is 24.3 Å². The highest BCUT2D eigenvalue weighted by Crippen LogP contribution is 2.14. The molecule has 0 aliphatic rings. The summed E-state index contributed by atoms with van der Waals surface area (Å²) in [4.78, 5) is 23.3. The summed E-state index contributed by atoms with van der Waals surface area (Å²) in [5.41, 5.74) is 2.00. The molecular weight excluding hydrogens is 283 g/mol. The minimum absolute atomic E-state index is 0.0604. The van der Waals surface area contributed by atoms with Gasteiger partial charge in [-0.2, -0.15) is 0 Å². The Morgan fingerprint density at radius 2 is 1.73 bits per heavy atom. The number of carbonyl (C=O) groups excluding carboxylic acids is 2. The first-order valence-electron chi connectivity index (χ1n) is 6.91. The smallest absolute Gasteiger partial charge is 0.239 e. The molecule has 0 aliphatic carbocycles. The normalized spacial score (nSPS) is 10.1. The molecule has 0 heterocycles. The van der Waals surface area contributed by atoms with E-state index in [4.69, 9.17) is 0 Å². The Bertz CT molecular complexity index is 669. The minimum atomic E-state index is -0.308. The zero-order chi connectivity index (χ0) is 15.9. The van der Waals surface area contributed by atoms with Crippen molar-refractivity contribution in [1.82, 2.24) is 5.32 Å². The molecule has 0 bridgehead atoms. The van der Waals surface area contributed by atoms with E-state index in [2.05, 4.69) is 10.6 Å². The van der Waals surface area contributed by atoms with E-state index in [1.165, 1.54) is 19.1 Å². The summed E-state index contributed by atoms with van der Waals surface area (Å²) < 4.78 is 12.8. The van der Waals surface area contributed by atoms with Crippen molar-refractivity contribution < 1.29 is 14.0 Å². The van der Waals surface area contributed by atoms with Crippen LogP contribution in [0.15, 0.2) is 48.5 Å². The molecular formula is C17H17FN2O2. The van der Waals surface area contributed by atoms with Crippen LogP contribution in [0.25, 0.3) is 0 Å². The second-order valence-corrected chi connectivity index (χ2v) is 4.86. The van der Waals surface area contributed by atoms with E-state index in [1.54, 1.807) is 36.4 Å². The Kier molecular flexibility index (Phi) is 5.25. The number of amides is 1. The zero-order valence-electron chi connectivity index (χ0n) is 12.2. The molecule has 0 aliphatic heterocycles. The van der Waals surface area contributed by atoms with E-state index >= 15 is 0 Å². The average molecular weight is 300 g/mol. The summed E-state index contributed by atoms with van der Waals surface area (Å²) in [6.45, 7) is 1.87. The molecule has 22 heavy (non-hydrogen) atoms. The summed E-state index contributed by atoms with van der Waals surface area (Å²) >= 11 is 0. The molecule has 2 N–H and O–H groups in total. The highest BCUT2D eigenvalue weighted by atomic mass is 19.1. The Balaban J connectivity index is 1.85. The number of rotatable bonds is 6. The molecule has 0 saturated heterocycles. The fraction of sp³-hybridized carbons (Fsp3) is 0.176. The largest absolute Gasteiger partial charge is 0.376 e. The lowest BCUT2D eigenvalue weighted by atomic mass is 10.1. The van der Waals surface area contributed by atoms with Gasteiger partial charge in [-0.05, 0) is 36.8 Å². The second-order valence-electron chi connectivity index (χ2n) is 4.86. The number of para-hydroxylation sites is 1. The number of ketones is 1. The highest BCUT2D eigenvalue weighted by molar-refractivity contribution is 6.00. The Hall–Kier alpha value is -2.69. The molecule has 4 nitrogen and oxygen atoms in total. The molecule has 2 aromatic rings. The molecule has 0 radical (unpaired) electrons. The maximum absolute atomic E-state index is 12.8. The molecule has 0 unspecified atom stereocenters. The second kappa shape index (κ2) is 7.36. The number of nitrogens with one attached hydrogen (secondary N) is 2. The number of halogens is 1. The van der Waals surface area contributed by atoms with Crippen molar-refractivity contribution in [3.63, 3.8) is 0 Å². The molecule has 0 atom stereocenters. The monoisotopic (exact) mass is 300 g/mol. The number of hydrogen-bond donors (Lipinski definition) is 2. The van der Waals surface area contributed by atoms with Crippen molar-refractivity contribution >= 4 is 17.4 Å². The van der Waals surface area contributed by atoms with Crippen molar-refractivity contribution in [2.45, 2.75) is 13.5 Å². The van der Waals surface area contributed by atoms with Gasteiger partial charge >= 0.3 is 0 Å². The van der Waals surface area contributed by atoms with Crippen LogP contribution in [-0.2, 0) is 11.3 Å². The number of hydrogen-bond acceptors (Lipinski definition) is 3. The lowest BCUT2D eigenvalue weighted by Crippen LogP contribution is -2.29. The van der Waals surface area contributed by atoms with Crippen LogP contribution in [0.1, 0.15) is 22.8 Å². The van der Waals surface area contributed by atoms with Gasteiger partial charge in [0.1, 0.15) is 5.82 Å². The standard InChI is InChI=1S/C17H17FN2O2/c1-12(21)15-4-2-3-5-16(15)19-11-17(22)20-10-13-6-8-14(18)9-7-13/h2-9,19H,10-11H2,1H3,(H,20,22). The van der Waals surface area contributed by atoms with E-state index in [-0.39, 0.29) is 24.1 Å². The van der Waals surface area contributed by atoms with E-state index in [1.807, 2.05) is 0 Å². The Morgan fingerprint density at radius 3 is 2.41 bits per heavy atom. The molecule has 114 valence electrons. The van der Waals surface area contributed by atoms with Crippen LogP contribution in [-0.4, -0.2) is 18.2 Å². The van der Waals surface area contributed by atoms with Gasteiger partial charge in [-0.25, -0.2) is 4.39 Å². The molecule has 0 saturated carbocycles. The van der Waals surface area contributed by atoms with Gasteiger partial charge in [0.2, 0.25) is 5.91 Å². The number of anilines is 1. The fourth-order valence-corrected chi connectivity index (χ4v) is 1.99. The SMILES string of the molecule is CC(=O)c1ccccc1NCC(=O)NCc1ccc(F)cc1. The third kappa shape index (κ3) is 4.41. The van der Waals surface area contributed by atoms with Gasteiger partial charge in [0.15, 0.2) is 5.78 Å². The third-order valence-electron chi connectivity index (χ3n) is 3.15. The zero-order valence-corrected chi connectivity index (χ0v) is 12.2. The summed E-state index contributed by atoms with van der Waals surface area (Å²) in [6.07, 6.45) is 0. The van der Waals surface area contributed by atoms with Gasteiger partial charge in [0, 0.05) is 17.8 Å². The maximum Gasteiger partial charge on any atom is 0.239 e. The van der Waals surface area contributed by atoms with Crippen LogP contribution in [0.4, 0.5) is 10.1 Å². The first-order valence-corrected chi connectivity index (χ1v) is 6.91. The predicted molar refractivity (Wildman–Crippen MR) is 83.2 cm³/mol. The molecule has 1 amide bonds. The molecule has 0 aromatic heterocycles. The van der Waals surface area contributed by atoms with Crippen molar-refractivity contribution in [2.24, 2.45) is 0 Å². The van der Waals surface area contributed by atoms with Crippen molar-refractivity contribution in [2.75, 3.05) is 11.9 Å². The number of benzene rings is 2. The molecule has 0 spiro atoms. The van der Waals surface area contributed by atoms with Crippen molar-refractivity contribution in [1.29, 1.82) is 0 Å². The van der Waals surface area contributed by atoms with Crippen LogP contribution in [0.2, 0.25) is 0 Å². The first kappa shape index (κ1) is 15.7. The maximum atomic E-state index is 12.8.